The van der Waals surface area contributed by atoms with Crippen LogP contribution >= 0.6 is 0 Å². The van der Waals surface area contributed by atoms with Crippen molar-refractivity contribution in [2.75, 3.05) is 18.4 Å². The maximum atomic E-state index is 11.7. The second kappa shape index (κ2) is 6.90. The van der Waals surface area contributed by atoms with E-state index in [1.54, 1.807) is 10.7 Å². The summed E-state index contributed by atoms with van der Waals surface area (Å²) in [7, 11) is 0. The number of rotatable bonds is 6. The molecule has 0 saturated heterocycles. The van der Waals surface area contributed by atoms with Crippen molar-refractivity contribution in [1.82, 2.24) is 30.2 Å². The second-order valence-corrected chi connectivity index (χ2v) is 5.16. The molecule has 2 N–H and O–H groups in total. The molecule has 0 unspecified atom stereocenters. The Morgan fingerprint density at radius 1 is 1.25 bits per heavy atom. The monoisotopic (exact) mass is 327 g/mol. The largest absolute Gasteiger partial charge is 0.368 e. The summed E-state index contributed by atoms with van der Waals surface area (Å²) in [6, 6.07) is 5.29. The van der Waals surface area contributed by atoms with Crippen molar-refractivity contribution in [3.8, 4) is 5.82 Å². The highest BCUT2D eigenvalue weighted by Gasteiger charge is 2.09. The topological polar surface area (TPSA) is 111 Å². The first-order valence-corrected chi connectivity index (χ1v) is 7.42. The Labute approximate surface area is 138 Å². The molecule has 0 bridgehead atoms. The van der Waals surface area contributed by atoms with Crippen molar-refractivity contribution in [3.63, 3.8) is 0 Å². The summed E-state index contributed by atoms with van der Waals surface area (Å²) in [6.45, 7) is 4.82. The first kappa shape index (κ1) is 15.7. The second-order valence-electron chi connectivity index (χ2n) is 5.16. The van der Waals surface area contributed by atoms with Crippen LogP contribution < -0.4 is 10.6 Å². The van der Waals surface area contributed by atoms with Gasteiger partial charge in [-0.15, -0.1) is 0 Å². The van der Waals surface area contributed by atoms with Gasteiger partial charge in [0.2, 0.25) is 5.76 Å². The molecular formula is C15H17N7O2. The molecule has 3 heterocycles. The van der Waals surface area contributed by atoms with Crippen LogP contribution in [0.1, 0.15) is 21.9 Å². The molecule has 0 atom stereocenters. The lowest BCUT2D eigenvalue weighted by Gasteiger charge is -2.08. The fourth-order valence-corrected chi connectivity index (χ4v) is 2.21. The molecule has 3 rings (SSSR count). The van der Waals surface area contributed by atoms with Gasteiger partial charge in [-0.2, -0.15) is 5.10 Å². The molecule has 124 valence electrons. The Hall–Kier alpha value is -3.23. The number of hydrogen-bond donors (Lipinski definition) is 2. The number of aryl methyl sites for hydroxylation is 2. The van der Waals surface area contributed by atoms with Crippen LogP contribution in [-0.2, 0) is 0 Å². The minimum atomic E-state index is -0.305. The van der Waals surface area contributed by atoms with Gasteiger partial charge >= 0.3 is 0 Å². The Morgan fingerprint density at radius 2 is 2.12 bits per heavy atom. The summed E-state index contributed by atoms with van der Waals surface area (Å²) >= 11 is 0. The van der Waals surface area contributed by atoms with E-state index in [0.29, 0.717) is 24.7 Å². The van der Waals surface area contributed by atoms with Gasteiger partial charge in [-0.1, -0.05) is 5.16 Å². The Balaban J connectivity index is 1.55. The summed E-state index contributed by atoms with van der Waals surface area (Å²) in [4.78, 5) is 20.1. The molecule has 0 fully saturated rings. The summed E-state index contributed by atoms with van der Waals surface area (Å²) in [5, 5.41) is 13.7. The number of carbonyl (C=O) groups excluding carboxylic acids is 1. The number of nitrogens with zero attached hydrogens (tertiary/aromatic N) is 5. The molecule has 3 aromatic heterocycles. The zero-order valence-electron chi connectivity index (χ0n) is 13.4. The normalized spacial score (nSPS) is 10.6. The van der Waals surface area contributed by atoms with E-state index in [2.05, 4.69) is 30.9 Å². The van der Waals surface area contributed by atoms with Crippen LogP contribution in [0.25, 0.3) is 5.82 Å². The average molecular weight is 327 g/mol. The quantitative estimate of drug-likeness (QED) is 0.652. The van der Waals surface area contributed by atoms with Gasteiger partial charge in [0.1, 0.15) is 12.1 Å². The molecule has 3 aromatic rings. The van der Waals surface area contributed by atoms with Crippen LogP contribution in [0.5, 0.6) is 0 Å². The van der Waals surface area contributed by atoms with E-state index in [4.69, 9.17) is 4.52 Å². The van der Waals surface area contributed by atoms with Crippen molar-refractivity contribution < 1.29 is 9.32 Å². The first-order valence-electron chi connectivity index (χ1n) is 7.42. The van der Waals surface area contributed by atoms with E-state index in [-0.39, 0.29) is 11.7 Å². The first-order chi connectivity index (χ1) is 11.6. The maximum absolute atomic E-state index is 11.7. The van der Waals surface area contributed by atoms with E-state index in [0.717, 1.165) is 11.4 Å². The third-order valence-corrected chi connectivity index (χ3v) is 3.26. The summed E-state index contributed by atoms with van der Waals surface area (Å²) in [5.41, 5.74) is 1.92. The SMILES string of the molecule is Cc1cc(C)n(-c2cc(NCCNC(=O)c3ccno3)ncn2)n1. The molecule has 24 heavy (non-hydrogen) atoms. The molecule has 1 amide bonds. The van der Waals surface area contributed by atoms with Crippen molar-refractivity contribution in [3.05, 3.63) is 47.9 Å². The van der Waals surface area contributed by atoms with Gasteiger partial charge in [-0.3, -0.25) is 4.79 Å². The fourth-order valence-electron chi connectivity index (χ4n) is 2.21. The minimum absolute atomic E-state index is 0.184. The highest BCUT2D eigenvalue weighted by Crippen LogP contribution is 2.11. The lowest BCUT2D eigenvalue weighted by atomic mass is 10.4. The van der Waals surface area contributed by atoms with Crippen LogP contribution in [0.15, 0.2) is 35.2 Å². The van der Waals surface area contributed by atoms with Gasteiger partial charge < -0.3 is 15.2 Å². The van der Waals surface area contributed by atoms with E-state index < -0.39 is 0 Å². The molecule has 0 aromatic carbocycles. The number of hydrogen-bond acceptors (Lipinski definition) is 7. The van der Waals surface area contributed by atoms with Crippen molar-refractivity contribution in [2.45, 2.75) is 13.8 Å². The number of amides is 1. The molecule has 0 saturated carbocycles. The smallest absolute Gasteiger partial charge is 0.289 e. The molecule has 9 heteroatoms. The highest BCUT2D eigenvalue weighted by atomic mass is 16.5. The van der Waals surface area contributed by atoms with Gasteiger partial charge in [-0.05, 0) is 19.9 Å². The number of anilines is 1. The van der Waals surface area contributed by atoms with Crippen molar-refractivity contribution >= 4 is 11.7 Å². The van der Waals surface area contributed by atoms with Gasteiger partial charge in [-0.25, -0.2) is 14.6 Å². The summed E-state index contributed by atoms with van der Waals surface area (Å²) in [5.74, 6) is 1.22. The van der Waals surface area contributed by atoms with Gasteiger partial charge in [0.15, 0.2) is 5.82 Å². The zero-order valence-corrected chi connectivity index (χ0v) is 13.4. The number of carbonyl (C=O) groups is 1. The lowest BCUT2D eigenvalue weighted by Crippen LogP contribution is -2.28. The van der Waals surface area contributed by atoms with Gasteiger partial charge in [0.25, 0.3) is 5.91 Å². The van der Waals surface area contributed by atoms with E-state index in [1.807, 2.05) is 19.9 Å². The number of nitrogens with one attached hydrogen (secondary N) is 2. The van der Waals surface area contributed by atoms with Crippen LogP contribution in [-0.4, -0.2) is 43.9 Å². The molecule has 0 aliphatic carbocycles. The van der Waals surface area contributed by atoms with Crippen molar-refractivity contribution in [2.24, 2.45) is 0 Å². The Kier molecular flexibility index (Phi) is 4.50. The van der Waals surface area contributed by atoms with Crippen LogP contribution in [0.3, 0.4) is 0 Å². The van der Waals surface area contributed by atoms with E-state index >= 15 is 0 Å². The molecule has 9 nitrogen and oxygen atoms in total. The Morgan fingerprint density at radius 3 is 2.83 bits per heavy atom. The molecule has 0 aliphatic heterocycles. The predicted molar refractivity (Wildman–Crippen MR) is 86.0 cm³/mol. The Bertz CT molecular complexity index is 826. The van der Waals surface area contributed by atoms with E-state index in [1.165, 1.54) is 18.6 Å². The third-order valence-electron chi connectivity index (χ3n) is 3.26. The third kappa shape index (κ3) is 3.57. The molecule has 0 aliphatic rings. The van der Waals surface area contributed by atoms with Crippen molar-refractivity contribution in [1.29, 1.82) is 0 Å². The fraction of sp³-hybridized carbons (Fsp3) is 0.267. The molecule has 0 spiro atoms. The van der Waals surface area contributed by atoms with Gasteiger partial charge in [0.05, 0.1) is 11.9 Å². The highest BCUT2D eigenvalue weighted by molar-refractivity contribution is 5.91. The molecule has 0 radical (unpaired) electrons. The number of aromatic nitrogens is 5. The van der Waals surface area contributed by atoms with Crippen LogP contribution in [0.4, 0.5) is 5.82 Å². The molecular weight excluding hydrogens is 310 g/mol. The standard InChI is InChI=1S/C15H17N7O2/c1-10-7-11(2)22(21-10)14-8-13(18-9-19-14)16-5-6-17-15(23)12-3-4-20-24-12/h3-4,7-9H,5-6H2,1-2H3,(H,17,23)(H,16,18,19). The van der Waals surface area contributed by atoms with E-state index in [9.17, 15) is 4.79 Å². The summed E-state index contributed by atoms with van der Waals surface area (Å²) < 4.78 is 6.53. The lowest BCUT2D eigenvalue weighted by molar-refractivity contribution is 0.0918. The van der Waals surface area contributed by atoms with Crippen LogP contribution in [0, 0.1) is 13.8 Å². The summed E-state index contributed by atoms with van der Waals surface area (Å²) in [6.07, 6.45) is 2.90. The predicted octanol–water partition coefficient (Wildman–Crippen LogP) is 1.11. The maximum Gasteiger partial charge on any atom is 0.289 e. The van der Waals surface area contributed by atoms with Gasteiger partial charge in [0, 0.05) is 30.9 Å². The van der Waals surface area contributed by atoms with Crippen LogP contribution in [0.2, 0.25) is 0 Å². The average Bonchev–Trinajstić information content (AvgIpc) is 3.21. The minimum Gasteiger partial charge on any atom is -0.368 e. The zero-order chi connectivity index (χ0) is 16.9.